The third kappa shape index (κ3) is 4.26. The summed E-state index contributed by atoms with van der Waals surface area (Å²) >= 11 is 0. The zero-order valence-corrected chi connectivity index (χ0v) is 29.5. The predicted molar refractivity (Wildman–Crippen MR) is 232 cm³/mol. The highest BCUT2D eigenvalue weighted by Crippen LogP contribution is 2.49. The van der Waals surface area contributed by atoms with Crippen molar-refractivity contribution in [2.75, 3.05) is 0 Å². The maximum atomic E-state index is 2.42. The third-order valence-corrected chi connectivity index (χ3v) is 11.9. The van der Waals surface area contributed by atoms with Crippen molar-refractivity contribution < 1.29 is 0 Å². The first-order chi connectivity index (χ1) is 26.8. The van der Waals surface area contributed by atoms with E-state index in [1.165, 1.54) is 120 Å². The molecule has 1 aliphatic rings. The quantitative estimate of drug-likeness (QED) is 0.163. The molecule has 0 N–H and O–H groups in total. The van der Waals surface area contributed by atoms with Crippen LogP contribution in [-0.4, -0.2) is 0 Å². The lowest BCUT2D eigenvalue weighted by Crippen LogP contribution is -1.90. The first kappa shape index (κ1) is 29.5. The SMILES string of the molecule is c1ccc2c(c1)-c1cccc3c(-c4ccc5cc(-c6cc(-c7cc8ccccc8c8c7ccc7ccccc78)c7ccccc7c6)ccc5c4)ccc-2c13. The molecule has 0 fully saturated rings. The van der Waals surface area contributed by atoms with Gasteiger partial charge in [0.2, 0.25) is 0 Å². The standard InChI is InChI=1S/C54H32/c1-5-14-43-33(10-1)24-25-50-52(31-38-12-3-6-15-44(38)53(43)50)51-32-40(30-37-11-2-4-13-41(37)51)36-21-20-35-29-39(23-22-34(35)28-36)42-26-27-49-46-17-8-7-16-45(46)48-19-9-18-47(42)54(48)49/h1-32H. The van der Waals surface area contributed by atoms with Crippen LogP contribution in [0, 0.1) is 0 Å². The predicted octanol–water partition coefficient (Wildman–Crippen LogP) is 15.3. The molecule has 0 aromatic heterocycles. The van der Waals surface area contributed by atoms with E-state index in [1.807, 2.05) is 0 Å². The minimum absolute atomic E-state index is 1.22. The molecule has 1 aliphatic carbocycles. The second kappa shape index (κ2) is 11.2. The third-order valence-electron chi connectivity index (χ3n) is 11.9. The lowest BCUT2D eigenvalue weighted by Gasteiger charge is -2.17. The molecule has 0 nitrogen and oxygen atoms in total. The first-order valence-electron chi connectivity index (χ1n) is 18.8. The van der Waals surface area contributed by atoms with Gasteiger partial charge in [0, 0.05) is 0 Å². The van der Waals surface area contributed by atoms with E-state index in [1.54, 1.807) is 0 Å². The van der Waals surface area contributed by atoms with Crippen molar-refractivity contribution in [1.82, 2.24) is 0 Å². The van der Waals surface area contributed by atoms with E-state index < -0.39 is 0 Å². The van der Waals surface area contributed by atoms with E-state index in [0.717, 1.165) is 0 Å². The van der Waals surface area contributed by atoms with Gasteiger partial charge in [-0.1, -0.05) is 164 Å². The molecule has 0 heterocycles. The molecular formula is C54H32. The number of fused-ring (bicyclic) bond motifs is 10. The van der Waals surface area contributed by atoms with Crippen molar-refractivity contribution in [2.24, 2.45) is 0 Å². The Labute approximate surface area is 313 Å². The van der Waals surface area contributed by atoms with E-state index >= 15 is 0 Å². The van der Waals surface area contributed by atoms with Crippen LogP contribution in [0.2, 0.25) is 0 Å². The molecule has 11 aromatic carbocycles. The second-order valence-corrected chi connectivity index (χ2v) is 14.8. The summed E-state index contributed by atoms with van der Waals surface area (Å²) in [5.74, 6) is 0. The molecule has 11 aromatic rings. The van der Waals surface area contributed by atoms with Crippen LogP contribution in [0.1, 0.15) is 0 Å². The number of hydrogen-bond acceptors (Lipinski definition) is 0. The van der Waals surface area contributed by atoms with Gasteiger partial charge >= 0.3 is 0 Å². The monoisotopic (exact) mass is 680 g/mol. The fourth-order valence-corrected chi connectivity index (χ4v) is 9.45. The molecule has 0 saturated carbocycles. The summed E-state index contributed by atoms with van der Waals surface area (Å²) in [6.45, 7) is 0. The molecule has 0 atom stereocenters. The second-order valence-electron chi connectivity index (χ2n) is 14.8. The van der Waals surface area contributed by atoms with Gasteiger partial charge < -0.3 is 0 Å². The first-order valence-corrected chi connectivity index (χ1v) is 18.8. The molecule has 0 amide bonds. The Morgan fingerprint density at radius 2 is 0.685 bits per heavy atom. The molecule has 0 unspecified atom stereocenters. The van der Waals surface area contributed by atoms with Gasteiger partial charge in [0.15, 0.2) is 0 Å². The van der Waals surface area contributed by atoms with Crippen molar-refractivity contribution in [3.8, 4) is 55.6 Å². The van der Waals surface area contributed by atoms with Crippen molar-refractivity contribution >= 4 is 64.6 Å². The van der Waals surface area contributed by atoms with Crippen molar-refractivity contribution in [3.05, 3.63) is 194 Å². The summed E-state index contributed by atoms with van der Waals surface area (Å²) in [6, 6.07) is 72.4. The zero-order chi connectivity index (χ0) is 35.3. The van der Waals surface area contributed by atoms with Gasteiger partial charge in [-0.3, -0.25) is 0 Å². The average molecular weight is 681 g/mol. The van der Waals surface area contributed by atoms with Crippen LogP contribution in [0.3, 0.4) is 0 Å². The molecule has 0 aliphatic heterocycles. The molecule has 0 bridgehead atoms. The Kier molecular flexibility index (Phi) is 6.15. The zero-order valence-electron chi connectivity index (χ0n) is 29.5. The Balaban J connectivity index is 1.02. The van der Waals surface area contributed by atoms with Crippen LogP contribution in [-0.2, 0) is 0 Å². The van der Waals surface area contributed by atoms with Crippen LogP contribution >= 0.6 is 0 Å². The minimum Gasteiger partial charge on any atom is -0.0616 e. The average Bonchev–Trinajstić information content (AvgIpc) is 3.57. The smallest absolute Gasteiger partial charge is 0.00201 e. The Morgan fingerprint density at radius 1 is 0.185 bits per heavy atom. The number of benzene rings is 11. The van der Waals surface area contributed by atoms with Crippen molar-refractivity contribution in [3.63, 3.8) is 0 Å². The highest BCUT2D eigenvalue weighted by Gasteiger charge is 2.22. The van der Waals surface area contributed by atoms with Crippen molar-refractivity contribution in [1.29, 1.82) is 0 Å². The van der Waals surface area contributed by atoms with E-state index in [2.05, 4.69) is 194 Å². The summed E-state index contributed by atoms with van der Waals surface area (Å²) < 4.78 is 0. The van der Waals surface area contributed by atoms with E-state index in [9.17, 15) is 0 Å². The highest BCUT2D eigenvalue weighted by atomic mass is 14.3. The minimum atomic E-state index is 1.22. The fourth-order valence-electron chi connectivity index (χ4n) is 9.45. The van der Waals surface area contributed by atoms with Crippen LogP contribution in [0.5, 0.6) is 0 Å². The van der Waals surface area contributed by atoms with Crippen molar-refractivity contribution in [2.45, 2.75) is 0 Å². The molecule has 0 spiro atoms. The number of hydrogen-bond donors (Lipinski definition) is 0. The van der Waals surface area contributed by atoms with Crippen LogP contribution in [0.4, 0.5) is 0 Å². The fraction of sp³-hybridized carbons (Fsp3) is 0. The maximum absolute atomic E-state index is 2.42. The van der Waals surface area contributed by atoms with Gasteiger partial charge in [-0.2, -0.15) is 0 Å². The van der Waals surface area contributed by atoms with Gasteiger partial charge in [-0.25, -0.2) is 0 Å². The maximum Gasteiger partial charge on any atom is -0.00201 e. The van der Waals surface area contributed by atoms with Gasteiger partial charge in [-0.05, 0) is 151 Å². The molecule has 54 heavy (non-hydrogen) atoms. The topological polar surface area (TPSA) is 0 Å². The lowest BCUT2D eigenvalue weighted by atomic mass is 9.87. The van der Waals surface area contributed by atoms with E-state index in [-0.39, 0.29) is 0 Å². The van der Waals surface area contributed by atoms with Gasteiger partial charge in [0.1, 0.15) is 0 Å². The molecular weight excluding hydrogens is 649 g/mol. The van der Waals surface area contributed by atoms with Gasteiger partial charge in [0.25, 0.3) is 0 Å². The summed E-state index contributed by atoms with van der Waals surface area (Å²) in [7, 11) is 0. The molecule has 248 valence electrons. The summed E-state index contributed by atoms with van der Waals surface area (Å²) in [5.41, 5.74) is 12.9. The van der Waals surface area contributed by atoms with Gasteiger partial charge in [0.05, 0.1) is 0 Å². The summed E-state index contributed by atoms with van der Waals surface area (Å²) in [5, 5.41) is 15.4. The molecule has 0 heteroatoms. The largest absolute Gasteiger partial charge is 0.0616 e. The highest BCUT2D eigenvalue weighted by molar-refractivity contribution is 6.25. The van der Waals surface area contributed by atoms with Crippen LogP contribution in [0.15, 0.2) is 194 Å². The Bertz CT molecular complexity index is 3340. The number of rotatable bonds is 3. The van der Waals surface area contributed by atoms with Crippen LogP contribution in [0.25, 0.3) is 120 Å². The summed E-state index contributed by atoms with van der Waals surface area (Å²) in [4.78, 5) is 0. The van der Waals surface area contributed by atoms with E-state index in [4.69, 9.17) is 0 Å². The molecule has 12 rings (SSSR count). The normalized spacial score (nSPS) is 12.1. The molecule has 0 saturated heterocycles. The van der Waals surface area contributed by atoms with E-state index in [0.29, 0.717) is 0 Å². The Hall–Kier alpha value is -7.02. The van der Waals surface area contributed by atoms with Gasteiger partial charge in [-0.15, -0.1) is 0 Å². The molecule has 0 radical (unpaired) electrons. The van der Waals surface area contributed by atoms with Crippen LogP contribution < -0.4 is 0 Å². The summed E-state index contributed by atoms with van der Waals surface area (Å²) in [6.07, 6.45) is 0. The lowest BCUT2D eigenvalue weighted by molar-refractivity contribution is 1.65. The Morgan fingerprint density at radius 3 is 1.48 bits per heavy atom.